The minimum absolute atomic E-state index is 0.0413. The Morgan fingerprint density at radius 3 is 2.61 bits per heavy atom. The topological polar surface area (TPSA) is 47.4 Å². The van der Waals surface area contributed by atoms with E-state index in [-0.39, 0.29) is 11.8 Å². The van der Waals surface area contributed by atoms with E-state index in [9.17, 15) is 4.79 Å². The first-order valence-corrected chi connectivity index (χ1v) is 13.0. The van der Waals surface area contributed by atoms with Gasteiger partial charge in [-0.25, -0.2) is 4.98 Å². The van der Waals surface area contributed by atoms with Crippen LogP contribution in [0, 0.1) is 13.8 Å². The summed E-state index contributed by atoms with van der Waals surface area (Å²) in [5, 5.41) is 0. The molecule has 5 nitrogen and oxygen atoms in total. The predicted molar refractivity (Wildman–Crippen MR) is 146 cm³/mol. The van der Waals surface area contributed by atoms with Crippen molar-refractivity contribution in [3.05, 3.63) is 89.2 Å². The quantitative estimate of drug-likeness (QED) is 0.279. The Labute approximate surface area is 213 Å². The number of hydrogen-bond acceptors (Lipinski definition) is 3. The third kappa shape index (κ3) is 4.75. The second-order valence-corrected chi connectivity index (χ2v) is 10.0. The zero-order valence-corrected chi connectivity index (χ0v) is 21.7. The second kappa shape index (κ2) is 10.2. The summed E-state index contributed by atoms with van der Waals surface area (Å²) in [5.74, 6) is 2.60. The predicted octanol–water partition coefficient (Wildman–Crippen LogP) is 6.77. The van der Waals surface area contributed by atoms with Gasteiger partial charge in [0.05, 0.1) is 17.6 Å². The van der Waals surface area contributed by atoms with Gasteiger partial charge in [-0.1, -0.05) is 50.2 Å². The zero-order chi connectivity index (χ0) is 25.2. The van der Waals surface area contributed by atoms with Crippen molar-refractivity contribution in [2.75, 3.05) is 18.1 Å². The highest BCUT2D eigenvalue weighted by molar-refractivity contribution is 5.97. The molecular formula is C31H35N3O2. The van der Waals surface area contributed by atoms with Crippen molar-refractivity contribution in [1.29, 1.82) is 0 Å². The van der Waals surface area contributed by atoms with Crippen LogP contribution in [0.25, 0.3) is 11.0 Å². The fourth-order valence-corrected chi connectivity index (χ4v) is 5.15. The van der Waals surface area contributed by atoms with Gasteiger partial charge in [0.25, 0.3) is 0 Å². The van der Waals surface area contributed by atoms with Crippen molar-refractivity contribution >= 4 is 22.6 Å². The van der Waals surface area contributed by atoms with Crippen LogP contribution in [0.1, 0.15) is 61.0 Å². The minimum atomic E-state index is 0.0413. The highest BCUT2D eigenvalue weighted by Gasteiger charge is 2.35. The fourth-order valence-electron chi connectivity index (χ4n) is 5.15. The molecule has 0 spiro atoms. The molecule has 36 heavy (non-hydrogen) atoms. The van der Waals surface area contributed by atoms with Gasteiger partial charge in [-0.15, -0.1) is 0 Å². The largest absolute Gasteiger partial charge is 0.492 e. The number of aryl methyl sites for hydroxylation is 2. The van der Waals surface area contributed by atoms with Crippen molar-refractivity contribution in [3.8, 4) is 5.75 Å². The molecule has 1 aliphatic heterocycles. The third-order valence-corrected chi connectivity index (χ3v) is 7.47. The van der Waals surface area contributed by atoms with Crippen LogP contribution in [0.5, 0.6) is 5.75 Å². The molecule has 2 heterocycles. The molecule has 0 N–H and O–H groups in total. The van der Waals surface area contributed by atoms with Gasteiger partial charge in [-0.2, -0.15) is 0 Å². The van der Waals surface area contributed by atoms with E-state index in [0.29, 0.717) is 32.0 Å². The summed E-state index contributed by atoms with van der Waals surface area (Å²) in [7, 11) is 0. The van der Waals surface area contributed by atoms with Crippen molar-refractivity contribution < 1.29 is 9.53 Å². The second-order valence-electron chi connectivity index (χ2n) is 10.0. The molecule has 4 aromatic rings. The van der Waals surface area contributed by atoms with Gasteiger partial charge in [-0.3, -0.25) is 4.79 Å². The highest BCUT2D eigenvalue weighted by atomic mass is 16.5. The molecule has 1 fully saturated rings. The van der Waals surface area contributed by atoms with E-state index in [1.54, 1.807) is 0 Å². The number of rotatable bonds is 8. The lowest BCUT2D eigenvalue weighted by molar-refractivity contribution is -0.117. The zero-order valence-electron chi connectivity index (χ0n) is 21.7. The smallest absolute Gasteiger partial charge is 0.227 e. The molecule has 5 heteroatoms. The van der Waals surface area contributed by atoms with Gasteiger partial charge in [0, 0.05) is 24.6 Å². The van der Waals surface area contributed by atoms with E-state index >= 15 is 0 Å². The first kappa shape index (κ1) is 24.1. The van der Waals surface area contributed by atoms with Crippen molar-refractivity contribution in [1.82, 2.24) is 9.55 Å². The Hall–Kier alpha value is -3.60. The monoisotopic (exact) mass is 481 g/mol. The first-order valence-electron chi connectivity index (χ1n) is 13.0. The van der Waals surface area contributed by atoms with Gasteiger partial charge in [-0.05, 0) is 73.2 Å². The average Bonchev–Trinajstić information content (AvgIpc) is 3.46. The van der Waals surface area contributed by atoms with Crippen molar-refractivity contribution in [3.63, 3.8) is 0 Å². The summed E-state index contributed by atoms with van der Waals surface area (Å²) in [6, 6.07) is 22.9. The van der Waals surface area contributed by atoms with E-state index in [1.807, 2.05) is 23.1 Å². The maximum atomic E-state index is 13.1. The molecule has 0 radical (unpaired) electrons. The molecule has 1 amide bonds. The van der Waals surface area contributed by atoms with E-state index in [1.165, 1.54) is 5.56 Å². The molecule has 1 saturated heterocycles. The number of anilines is 1. The maximum absolute atomic E-state index is 13.1. The fraction of sp³-hybridized carbons (Fsp3) is 0.355. The number of ether oxygens (including phenoxy) is 1. The molecule has 2 atom stereocenters. The lowest BCUT2D eigenvalue weighted by Gasteiger charge is -2.20. The Balaban J connectivity index is 1.36. The summed E-state index contributed by atoms with van der Waals surface area (Å²) < 4.78 is 8.37. The van der Waals surface area contributed by atoms with Crippen LogP contribution in [0.15, 0.2) is 66.7 Å². The van der Waals surface area contributed by atoms with Gasteiger partial charge in [0.15, 0.2) is 0 Å². The van der Waals surface area contributed by atoms with Crippen LogP contribution in [-0.4, -0.2) is 28.6 Å². The van der Waals surface area contributed by atoms with E-state index in [0.717, 1.165) is 45.8 Å². The summed E-state index contributed by atoms with van der Waals surface area (Å²) in [6.45, 7) is 10.5. The average molecular weight is 482 g/mol. The standard InChI is InChI=1S/C31H35N3O2/c1-5-22(3)24-12-14-26(15-13-24)36-17-16-33-28-9-7-6-8-27(28)32-31(33)25-19-30(35)34(20-25)29-18-21(2)10-11-23(29)4/h6-15,18,22,25H,5,16-17,19-20H2,1-4H3. The molecule has 1 aliphatic rings. The number of carbonyl (C=O) groups is 1. The number of para-hydroxylation sites is 2. The molecule has 5 rings (SSSR count). The molecule has 0 saturated carbocycles. The van der Waals surface area contributed by atoms with E-state index in [2.05, 4.69) is 80.8 Å². The van der Waals surface area contributed by atoms with Crippen LogP contribution in [0.2, 0.25) is 0 Å². The lowest BCUT2D eigenvalue weighted by Crippen LogP contribution is -2.25. The lowest BCUT2D eigenvalue weighted by atomic mass is 9.99. The van der Waals surface area contributed by atoms with Crippen LogP contribution in [0.4, 0.5) is 5.69 Å². The number of hydrogen-bond donors (Lipinski definition) is 0. The Morgan fingerprint density at radius 2 is 1.83 bits per heavy atom. The molecule has 2 unspecified atom stereocenters. The number of carbonyl (C=O) groups excluding carboxylic acids is 1. The molecule has 0 bridgehead atoms. The number of amides is 1. The number of fused-ring (bicyclic) bond motifs is 1. The maximum Gasteiger partial charge on any atom is 0.227 e. The summed E-state index contributed by atoms with van der Waals surface area (Å²) >= 11 is 0. The van der Waals surface area contributed by atoms with Gasteiger partial charge in [0.1, 0.15) is 18.2 Å². The molecule has 3 aromatic carbocycles. The van der Waals surface area contributed by atoms with E-state index in [4.69, 9.17) is 9.72 Å². The van der Waals surface area contributed by atoms with Gasteiger partial charge >= 0.3 is 0 Å². The third-order valence-electron chi connectivity index (χ3n) is 7.47. The molecule has 0 aliphatic carbocycles. The summed E-state index contributed by atoms with van der Waals surface area (Å²) in [4.78, 5) is 20.0. The highest BCUT2D eigenvalue weighted by Crippen LogP contribution is 2.35. The number of aromatic nitrogens is 2. The normalized spacial score (nSPS) is 16.6. The minimum Gasteiger partial charge on any atom is -0.492 e. The Kier molecular flexibility index (Phi) is 6.82. The number of benzene rings is 3. The van der Waals surface area contributed by atoms with Gasteiger partial charge in [0.2, 0.25) is 5.91 Å². The van der Waals surface area contributed by atoms with Crippen molar-refractivity contribution in [2.24, 2.45) is 0 Å². The molecule has 186 valence electrons. The first-order chi connectivity index (χ1) is 17.4. The summed E-state index contributed by atoms with van der Waals surface area (Å²) in [5.41, 5.74) is 6.68. The Bertz CT molecular complexity index is 1370. The SMILES string of the molecule is CCC(C)c1ccc(OCCn2c(C3CC(=O)N(c4cc(C)ccc4C)C3)nc3ccccc32)cc1. The van der Waals surface area contributed by atoms with Crippen molar-refractivity contribution in [2.45, 2.75) is 58.9 Å². The number of nitrogens with zero attached hydrogens (tertiary/aromatic N) is 3. The van der Waals surface area contributed by atoms with Crippen LogP contribution < -0.4 is 9.64 Å². The molecular weight excluding hydrogens is 446 g/mol. The van der Waals surface area contributed by atoms with Crippen LogP contribution in [-0.2, 0) is 11.3 Å². The van der Waals surface area contributed by atoms with E-state index < -0.39 is 0 Å². The van der Waals surface area contributed by atoms with Crippen LogP contribution in [0.3, 0.4) is 0 Å². The summed E-state index contributed by atoms with van der Waals surface area (Å²) in [6.07, 6.45) is 1.59. The van der Waals surface area contributed by atoms with Gasteiger partial charge < -0.3 is 14.2 Å². The Morgan fingerprint density at radius 1 is 1.06 bits per heavy atom. The molecule has 1 aromatic heterocycles. The van der Waals surface area contributed by atoms with Crippen LogP contribution >= 0.6 is 0 Å². The number of imidazole rings is 1.